The third kappa shape index (κ3) is 3.09. The van der Waals surface area contributed by atoms with Crippen LogP contribution in [0.2, 0.25) is 0 Å². The number of hydrogen-bond donors (Lipinski definition) is 0. The fourth-order valence-corrected chi connectivity index (χ4v) is 10.0. The highest BCUT2D eigenvalue weighted by molar-refractivity contribution is 8.45. The number of nitrogens with zero attached hydrogens (tertiary/aromatic N) is 1. The van der Waals surface area contributed by atoms with E-state index in [-0.39, 0.29) is 4.75 Å². The minimum Gasteiger partial charge on any atom is -0.233 e. The quantitative estimate of drug-likeness (QED) is 0.621. The van der Waals surface area contributed by atoms with Gasteiger partial charge in [0.15, 0.2) is 9.84 Å². The molecule has 1 fully saturated rings. The van der Waals surface area contributed by atoms with Crippen LogP contribution < -0.4 is 0 Å². The predicted octanol–water partition coefficient (Wildman–Crippen LogP) is 5.22. The van der Waals surface area contributed by atoms with Gasteiger partial charge in [0.1, 0.15) is 8.45 Å². The molecule has 2 aliphatic heterocycles. The van der Waals surface area contributed by atoms with Gasteiger partial charge in [-0.15, -0.1) is 23.5 Å². The van der Waals surface area contributed by atoms with E-state index in [1.54, 1.807) is 35.3 Å². The molecular weight excluding hydrogens is 414 g/mol. The molecule has 2 unspecified atom stereocenters. The first kappa shape index (κ1) is 19.2. The van der Waals surface area contributed by atoms with Gasteiger partial charge < -0.3 is 0 Å². The van der Waals surface area contributed by atoms with Crippen LogP contribution in [0.1, 0.15) is 18.1 Å². The Morgan fingerprint density at radius 2 is 1.59 bits per heavy atom. The average molecular weight is 434 g/mol. The van der Waals surface area contributed by atoms with Gasteiger partial charge in [-0.1, -0.05) is 72.4 Å². The Morgan fingerprint density at radius 3 is 2.15 bits per heavy atom. The molecule has 27 heavy (non-hydrogen) atoms. The van der Waals surface area contributed by atoms with Crippen molar-refractivity contribution >= 4 is 55.2 Å². The molecule has 0 saturated carbocycles. The van der Waals surface area contributed by atoms with Gasteiger partial charge in [0.05, 0.1) is 15.3 Å². The lowest BCUT2D eigenvalue weighted by molar-refractivity contribution is 0.604. The summed E-state index contributed by atoms with van der Waals surface area (Å²) in [7, 11) is -3.46. The molecule has 3 nitrogen and oxygen atoms in total. The van der Waals surface area contributed by atoms with Crippen molar-refractivity contribution in [1.29, 1.82) is 0 Å². The number of hydrogen-bond acceptors (Lipinski definition) is 6. The third-order valence-corrected chi connectivity index (χ3v) is 10.9. The first-order valence-electron chi connectivity index (χ1n) is 8.39. The van der Waals surface area contributed by atoms with E-state index < -0.39 is 13.9 Å². The molecule has 2 heterocycles. The van der Waals surface area contributed by atoms with E-state index in [2.05, 4.69) is 19.1 Å². The third-order valence-electron chi connectivity index (χ3n) is 4.80. The number of sulfone groups is 1. The summed E-state index contributed by atoms with van der Waals surface area (Å²) in [6, 6.07) is 19.8. The van der Waals surface area contributed by atoms with E-state index in [1.165, 1.54) is 6.26 Å². The van der Waals surface area contributed by atoms with E-state index in [1.807, 2.05) is 54.8 Å². The summed E-state index contributed by atoms with van der Waals surface area (Å²) in [6.07, 6.45) is 3.29. The standard InChI is InChI=1S/C20H19NO2S4/c1-19(15-12-8-5-9-13-15)20(26-19)17(27(3,22)23)16(21-18(24-2)25-20)14-10-6-4-7-11-14/h4-13H,1-3H3. The highest BCUT2D eigenvalue weighted by atomic mass is 32.2. The van der Waals surface area contributed by atoms with Crippen LogP contribution in [0.5, 0.6) is 0 Å². The number of rotatable bonds is 3. The van der Waals surface area contributed by atoms with Gasteiger partial charge in [0.25, 0.3) is 0 Å². The SMILES string of the molecule is CSC1=NC(c2ccccc2)=C(S(C)(=O)=O)C2(S1)SC2(C)c1ccccc1. The van der Waals surface area contributed by atoms with E-state index in [9.17, 15) is 8.42 Å². The summed E-state index contributed by atoms with van der Waals surface area (Å²) in [5.74, 6) is 0. The molecular formula is C20H19NO2S4. The second kappa shape index (κ2) is 6.72. The molecule has 1 saturated heterocycles. The van der Waals surface area contributed by atoms with Crippen molar-refractivity contribution in [2.45, 2.75) is 15.7 Å². The van der Waals surface area contributed by atoms with Crippen LogP contribution in [-0.4, -0.2) is 29.4 Å². The van der Waals surface area contributed by atoms with Crippen molar-refractivity contribution < 1.29 is 8.42 Å². The van der Waals surface area contributed by atoms with Crippen molar-refractivity contribution in [3.05, 3.63) is 76.7 Å². The van der Waals surface area contributed by atoms with Crippen LogP contribution in [0.3, 0.4) is 0 Å². The molecule has 0 aromatic heterocycles. The van der Waals surface area contributed by atoms with Gasteiger partial charge in [-0.3, -0.25) is 0 Å². The van der Waals surface area contributed by atoms with Crippen LogP contribution >= 0.6 is 35.3 Å². The monoisotopic (exact) mass is 433 g/mol. The molecule has 1 spiro atoms. The van der Waals surface area contributed by atoms with Crippen molar-refractivity contribution in [2.75, 3.05) is 12.5 Å². The van der Waals surface area contributed by atoms with Gasteiger partial charge in [-0.05, 0) is 18.7 Å². The van der Waals surface area contributed by atoms with Gasteiger partial charge in [0.2, 0.25) is 0 Å². The lowest BCUT2D eigenvalue weighted by Gasteiger charge is -2.28. The molecule has 2 aromatic rings. The number of benzene rings is 2. The van der Waals surface area contributed by atoms with Gasteiger partial charge in [-0.25, -0.2) is 13.4 Å². The zero-order valence-electron chi connectivity index (χ0n) is 15.2. The predicted molar refractivity (Wildman–Crippen MR) is 121 cm³/mol. The minimum absolute atomic E-state index is 0.325. The van der Waals surface area contributed by atoms with Crippen LogP contribution in [0.4, 0.5) is 0 Å². The van der Waals surface area contributed by atoms with Gasteiger partial charge >= 0.3 is 0 Å². The Labute approximate surface area is 173 Å². The van der Waals surface area contributed by atoms with E-state index in [0.29, 0.717) is 10.6 Å². The maximum absolute atomic E-state index is 13.0. The van der Waals surface area contributed by atoms with Crippen LogP contribution in [0.25, 0.3) is 5.70 Å². The molecule has 0 radical (unpaired) electrons. The van der Waals surface area contributed by atoms with Crippen molar-refractivity contribution in [1.82, 2.24) is 0 Å². The summed E-state index contributed by atoms with van der Waals surface area (Å²) >= 11 is 4.84. The summed E-state index contributed by atoms with van der Waals surface area (Å²) in [4.78, 5) is 5.17. The van der Waals surface area contributed by atoms with Crippen molar-refractivity contribution in [2.24, 2.45) is 4.99 Å². The van der Waals surface area contributed by atoms with E-state index >= 15 is 0 Å². The fraction of sp³-hybridized carbons (Fsp3) is 0.250. The van der Waals surface area contributed by atoms with Crippen LogP contribution in [-0.2, 0) is 14.6 Å². The highest BCUT2D eigenvalue weighted by Crippen LogP contribution is 2.80. The van der Waals surface area contributed by atoms with E-state index in [4.69, 9.17) is 4.99 Å². The zero-order valence-corrected chi connectivity index (χ0v) is 18.4. The van der Waals surface area contributed by atoms with Gasteiger partial charge in [-0.2, -0.15) is 0 Å². The molecule has 2 aliphatic rings. The van der Waals surface area contributed by atoms with Gasteiger partial charge in [0, 0.05) is 11.8 Å². The number of aliphatic imine (C=N–C) groups is 1. The summed E-state index contributed by atoms with van der Waals surface area (Å²) < 4.78 is 25.9. The summed E-state index contributed by atoms with van der Waals surface area (Å²) in [5, 5.41) is 0. The molecule has 7 heteroatoms. The molecule has 140 valence electrons. The average Bonchev–Trinajstić information content (AvgIpc) is 3.25. The first-order chi connectivity index (χ1) is 12.8. The molecule has 0 amide bonds. The Bertz CT molecular complexity index is 1050. The fourth-order valence-electron chi connectivity index (χ4n) is 3.44. The lowest BCUT2D eigenvalue weighted by Crippen LogP contribution is -2.29. The summed E-state index contributed by atoms with van der Waals surface area (Å²) in [6.45, 7) is 2.14. The molecule has 2 aromatic carbocycles. The van der Waals surface area contributed by atoms with Crippen molar-refractivity contribution in [3.63, 3.8) is 0 Å². The van der Waals surface area contributed by atoms with Crippen LogP contribution in [0.15, 0.2) is 70.6 Å². The molecule has 2 atom stereocenters. The highest BCUT2D eigenvalue weighted by Gasteiger charge is 2.73. The Balaban J connectivity index is 1.98. The second-order valence-electron chi connectivity index (χ2n) is 6.62. The normalized spacial score (nSPS) is 27.6. The second-order valence-corrected chi connectivity index (χ2v) is 12.7. The van der Waals surface area contributed by atoms with Crippen molar-refractivity contribution in [3.8, 4) is 0 Å². The first-order valence-corrected chi connectivity index (χ1v) is 13.1. The van der Waals surface area contributed by atoms with Crippen LogP contribution in [0, 0.1) is 0 Å². The van der Waals surface area contributed by atoms with E-state index in [0.717, 1.165) is 15.5 Å². The maximum Gasteiger partial charge on any atom is 0.176 e. The molecule has 0 aliphatic carbocycles. The number of thioether (sulfide) groups is 3. The Kier molecular flexibility index (Phi) is 4.78. The maximum atomic E-state index is 13.0. The minimum atomic E-state index is -3.46. The molecule has 4 rings (SSSR count). The zero-order chi connectivity index (χ0) is 19.3. The Morgan fingerprint density at radius 1 is 1.00 bits per heavy atom. The Hall–Kier alpha value is -1.15. The lowest BCUT2D eigenvalue weighted by atomic mass is 9.95. The summed E-state index contributed by atoms with van der Waals surface area (Å²) in [5.41, 5.74) is 2.55. The largest absolute Gasteiger partial charge is 0.233 e. The molecule has 0 bridgehead atoms. The molecule has 0 N–H and O–H groups in total. The topological polar surface area (TPSA) is 46.5 Å². The smallest absolute Gasteiger partial charge is 0.176 e.